The Hall–Kier alpha value is -2.01. The number of rotatable bonds is 4. The summed E-state index contributed by atoms with van der Waals surface area (Å²) in [7, 11) is 0. The van der Waals surface area contributed by atoms with Crippen LogP contribution in [0.1, 0.15) is 13.2 Å². The first-order chi connectivity index (χ1) is 10.5. The van der Waals surface area contributed by atoms with Crippen molar-refractivity contribution < 1.29 is 19.7 Å². The Labute approximate surface area is 124 Å². The van der Waals surface area contributed by atoms with Crippen LogP contribution in [0.15, 0.2) is 11.1 Å². The van der Waals surface area contributed by atoms with E-state index in [-0.39, 0.29) is 23.7 Å². The molecule has 1 fully saturated rings. The van der Waals surface area contributed by atoms with E-state index in [0.29, 0.717) is 6.61 Å². The van der Waals surface area contributed by atoms with E-state index in [1.54, 1.807) is 0 Å². The van der Waals surface area contributed by atoms with E-state index < -0.39 is 30.1 Å². The van der Waals surface area contributed by atoms with Crippen molar-refractivity contribution in [2.24, 2.45) is 0 Å². The molecule has 2 aromatic heterocycles. The normalized spacial score (nSPS) is 28.5. The fourth-order valence-electron chi connectivity index (χ4n) is 2.46. The molecule has 0 aliphatic carbocycles. The van der Waals surface area contributed by atoms with Crippen LogP contribution >= 0.6 is 0 Å². The number of hydrogen-bond donors (Lipinski definition) is 4. The maximum Gasteiger partial charge on any atom is 0.280 e. The first kappa shape index (κ1) is 14.9. The summed E-state index contributed by atoms with van der Waals surface area (Å²) < 4.78 is 12.2. The molecule has 5 N–H and O–H groups in total. The highest BCUT2D eigenvalue weighted by molar-refractivity contribution is 5.70. The van der Waals surface area contributed by atoms with Gasteiger partial charge in [-0.3, -0.25) is 14.3 Å². The summed E-state index contributed by atoms with van der Waals surface area (Å²) in [6, 6.07) is 0. The lowest BCUT2D eigenvalue weighted by Gasteiger charge is -2.16. The number of aliphatic hydroxyl groups is 2. The third-order valence-corrected chi connectivity index (χ3v) is 3.55. The lowest BCUT2D eigenvalue weighted by molar-refractivity contribution is -0.0638. The van der Waals surface area contributed by atoms with E-state index in [2.05, 4.69) is 15.0 Å². The number of ether oxygens (including phenoxy) is 2. The smallest absolute Gasteiger partial charge is 0.280 e. The molecule has 0 bridgehead atoms. The van der Waals surface area contributed by atoms with Crippen LogP contribution in [0, 0.1) is 0 Å². The van der Waals surface area contributed by atoms with Gasteiger partial charge >= 0.3 is 0 Å². The van der Waals surface area contributed by atoms with Crippen molar-refractivity contribution in [1.82, 2.24) is 19.5 Å². The molecule has 2 aromatic rings. The highest BCUT2D eigenvalue weighted by atomic mass is 16.6. The first-order valence-corrected chi connectivity index (χ1v) is 6.84. The van der Waals surface area contributed by atoms with Gasteiger partial charge in [0, 0.05) is 6.61 Å². The Morgan fingerprint density at radius 2 is 2.27 bits per heavy atom. The van der Waals surface area contributed by atoms with Gasteiger partial charge in [0.05, 0.1) is 12.9 Å². The number of H-pyrrole nitrogens is 1. The number of imidazole rings is 1. The Balaban J connectivity index is 1.96. The van der Waals surface area contributed by atoms with Crippen LogP contribution in [-0.2, 0) is 9.47 Å². The van der Waals surface area contributed by atoms with E-state index in [1.807, 2.05) is 6.92 Å². The Morgan fingerprint density at radius 3 is 3.00 bits per heavy atom. The number of aliphatic hydroxyl groups excluding tert-OH is 2. The fourth-order valence-corrected chi connectivity index (χ4v) is 2.46. The van der Waals surface area contributed by atoms with Gasteiger partial charge in [-0.15, -0.1) is 0 Å². The summed E-state index contributed by atoms with van der Waals surface area (Å²) >= 11 is 0. The number of nitrogens with two attached hydrogens (primary N) is 1. The molecule has 22 heavy (non-hydrogen) atoms. The number of nitrogen functional groups attached to an aromatic ring is 1. The fraction of sp³-hybridized carbons (Fsp3) is 0.583. The molecule has 1 aliphatic rings. The monoisotopic (exact) mass is 311 g/mol. The molecule has 0 unspecified atom stereocenters. The molecule has 1 aliphatic heterocycles. The number of aromatic amines is 1. The van der Waals surface area contributed by atoms with Gasteiger partial charge in [0.25, 0.3) is 5.56 Å². The van der Waals surface area contributed by atoms with Crippen LogP contribution in [0.3, 0.4) is 0 Å². The molecule has 4 atom stereocenters. The number of aromatic nitrogens is 4. The van der Waals surface area contributed by atoms with Crippen molar-refractivity contribution in [2.75, 3.05) is 18.9 Å². The molecule has 120 valence electrons. The van der Waals surface area contributed by atoms with Gasteiger partial charge in [0.1, 0.15) is 18.3 Å². The quantitative estimate of drug-likeness (QED) is 0.525. The second kappa shape index (κ2) is 5.65. The van der Waals surface area contributed by atoms with Gasteiger partial charge < -0.3 is 25.4 Å². The highest BCUT2D eigenvalue weighted by Crippen LogP contribution is 2.31. The number of fused-ring (bicyclic) bond motifs is 1. The van der Waals surface area contributed by atoms with Crippen molar-refractivity contribution in [2.45, 2.75) is 31.5 Å². The van der Waals surface area contributed by atoms with E-state index in [1.165, 1.54) is 10.9 Å². The second-order valence-corrected chi connectivity index (χ2v) is 4.98. The minimum Gasteiger partial charge on any atom is -0.387 e. The van der Waals surface area contributed by atoms with Crippen LogP contribution in [0.5, 0.6) is 0 Å². The zero-order chi connectivity index (χ0) is 15.9. The van der Waals surface area contributed by atoms with Gasteiger partial charge in [-0.25, -0.2) is 4.98 Å². The van der Waals surface area contributed by atoms with E-state index in [9.17, 15) is 15.0 Å². The van der Waals surface area contributed by atoms with Crippen molar-refractivity contribution >= 4 is 17.1 Å². The Bertz CT molecular complexity index is 728. The van der Waals surface area contributed by atoms with E-state index >= 15 is 0 Å². The standard InChI is InChI=1S/C12H17N5O5/c1-2-21-3-5-7(18)8(19)11(22-5)17-4-14-6-9(17)15-12(13)16-10(6)20/h4-5,7-8,11,18-19H,2-3H2,1H3,(H3,13,15,16,20)/t5-,7-,8-,11-/m1/s1. The summed E-state index contributed by atoms with van der Waals surface area (Å²) in [4.78, 5) is 22.0. The first-order valence-electron chi connectivity index (χ1n) is 6.84. The summed E-state index contributed by atoms with van der Waals surface area (Å²) in [5, 5.41) is 20.2. The van der Waals surface area contributed by atoms with Crippen LogP contribution in [0.2, 0.25) is 0 Å². The predicted molar refractivity (Wildman–Crippen MR) is 75.0 cm³/mol. The molecule has 3 rings (SSSR count). The lowest BCUT2D eigenvalue weighted by atomic mass is 10.1. The highest BCUT2D eigenvalue weighted by Gasteiger charge is 2.44. The molecule has 0 radical (unpaired) electrons. The average molecular weight is 311 g/mol. The minimum absolute atomic E-state index is 0.0712. The van der Waals surface area contributed by atoms with Crippen molar-refractivity contribution in [3.8, 4) is 0 Å². The SMILES string of the molecule is CCOC[C@H]1O[C@@H](n2cnc3c(=O)[nH]c(N)nc32)[C@H](O)[C@@H]1O. The van der Waals surface area contributed by atoms with Crippen molar-refractivity contribution in [3.05, 3.63) is 16.7 Å². The Kier molecular flexibility index (Phi) is 3.83. The van der Waals surface area contributed by atoms with Gasteiger partial charge in [-0.05, 0) is 6.92 Å². The predicted octanol–water partition coefficient (Wildman–Crippen LogP) is -1.64. The van der Waals surface area contributed by atoms with Crippen LogP contribution in [-0.4, -0.2) is 61.3 Å². The molecule has 10 nitrogen and oxygen atoms in total. The molecule has 1 saturated heterocycles. The zero-order valence-electron chi connectivity index (χ0n) is 11.8. The zero-order valence-corrected chi connectivity index (χ0v) is 11.8. The molecule has 3 heterocycles. The largest absolute Gasteiger partial charge is 0.387 e. The third-order valence-electron chi connectivity index (χ3n) is 3.55. The van der Waals surface area contributed by atoms with Crippen molar-refractivity contribution in [3.63, 3.8) is 0 Å². The third kappa shape index (κ3) is 2.35. The van der Waals surface area contributed by atoms with Crippen LogP contribution in [0.25, 0.3) is 11.2 Å². The molecule has 0 spiro atoms. The van der Waals surface area contributed by atoms with Gasteiger partial charge in [0.2, 0.25) is 5.95 Å². The van der Waals surface area contributed by atoms with Crippen molar-refractivity contribution in [1.29, 1.82) is 0 Å². The molecule has 0 saturated carbocycles. The average Bonchev–Trinajstić information content (AvgIpc) is 3.00. The number of nitrogens with zero attached hydrogens (tertiary/aromatic N) is 3. The number of anilines is 1. The van der Waals surface area contributed by atoms with Crippen LogP contribution < -0.4 is 11.3 Å². The summed E-state index contributed by atoms with van der Waals surface area (Å²) in [5.41, 5.74) is 5.29. The lowest BCUT2D eigenvalue weighted by Crippen LogP contribution is -2.33. The van der Waals surface area contributed by atoms with Gasteiger partial charge in [-0.2, -0.15) is 4.98 Å². The van der Waals surface area contributed by atoms with E-state index in [4.69, 9.17) is 15.2 Å². The Morgan fingerprint density at radius 1 is 1.50 bits per heavy atom. The molecule has 0 amide bonds. The van der Waals surface area contributed by atoms with Crippen LogP contribution in [0.4, 0.5) is 5.95 Å². The van der Waals surface area contributed by atoms with Gasteiger partial charge in [-0.1, -0.05) is 0 Å². The topological polar surface area (TPSA) is 149 Å². The molecule has 10 heteroatoms. The summed E-state index contributed by atoms with van der Waals surface area (Å²) in [6.07, 6.45) is -2.62. The maximum atomic E-state index is 11.8. The molecular weight excluding hydrogens is 294 g/mol. The van der Waals surface area contributed by atoms with Gasteiger partial charge in [0.15, 0.2) is 17.4 Å². The van der Waals surface area contributed by atoms with E-state index in [0.717, 1.165) is 0 Å². The summed E-state index contributed by atoms with van der Waals surface area (Å²) in [5.74, 6) is -0.0712. The molecule has 0 aromatic carbocycles. The second-order valence-electron chi connectivity index (χ2n) is 4.98. The maximum absolute atomic E-state index is 11.8. The minimum atomic E-state index is -1.20. The number of hydrogen-bond acceptors (Lipinski definition) is 8. The molecular formula is C12H17N5O5. The summed E-state index contributed by atoms with van der Waals surface area (Å²) in [6.45, 7) is 2.43. The number of nitrogens with one attached hydrogen (secondary N) is 1.